The fourth-order valence-electron chi connectivity index (χ4n) is 7.17. The molecule has 0 radical (unpaired) electrons. The summed E-state index contributed by atoms with van der Waals surface area (Å²) in [6.07, 6.45) is 20.7. The van der Waals surface area contributed by atoms with Crippen molar-refractivity contribution in [2.75, 3.05) is 13.2 Å². The lowest BCUT2D eigenvalue weighted by molar-refractivity contribution is -0.196. The zero-order valence-corrected chi connectivity index (χ0v) is 24.2. The highest BCUT2D eigenvalue weighted by Gasteiger charge is 2.43. The first-order valence-electron chi connectivity index (χ1n) is 16.2. The quantitative estimate of drug-likeness (QED) is 0.165. The van der Waals surface area contributed by atoms with Crippen molar-refractivity contribution in [3.05, 3.63) is 12.2 Å². The molecule has 7 nitrogen and oxygen atoms in total. The van der Waals surface area contributed by atoms with E-state index in [2.05, 4.69) is 19.1 Å². The van der Waals surface area contributed by atoms with Crippen LogP contribution in [0.15, 0.2) is 12.2 Å². The zero-order valence-electron chi connectivity index (χ0n) is 24.2. The van der Waals surface area contributed by atoms with E-state index in [0.717, 1.165) is 89.8 Å². The van der Waals surface area contributed by atoms with Crippen LogP contribution in [-0.4, -0.2) is 60.3 Å². The van der Waals surface area contributed by atoms with Crippen molar-refractivity contribution in [3.63, 3.8) is 0 Å². The van der Waals surface area contributed by atoms with Gasteiger partial charge in [-0.2, -0.15) is 0 Å². The van der Waals surface area contributed by atoms with E-state index in [9.17, 15) is 9.90 Å². The number of hydrogen-bond acceptors (Lipinski definition) is 6. The molecule has 224 valence electrons. The van der Waals surface area contributed by atoms with Gasteiger partial charge in [0.25, 0.3) is 0 Å². The highest BCUT2D eigenvalue weighted by molar-refractivity contribution is 5.66. The Kier molecular flexibility index (Phi) is 13.1. The Hall–Kier alpha value is -0.990. The van der Waals surface area contributed by atoms with Gasteiger partial charge in [0.05, 0.1) is 18.3 Å². The maximum absolute atomic E-state index is 11.1. The minimum absolute atomic E-state index is 0.0437. The molecule has 2 N–H and O–H groups in total. The van der Waals surface area contributed by atoms with Crippen LogP contribution in [0.3, 0.4) is 0 Å². The topological polar surface area (TPSA) is 94.5 Å². The van der Waals surface area contributed by atoms with Crippen molar-refractivity contribution in [3.8, 4) is 0 Å². The Morgan fingerprint density at radius 1 is 0.949 bits per heavy atom. The third-order valence-corrected chi connectivity index (χ3v) is 9.44. The number of ether oxygens (including phenoxy) is 4. The van der Waals surface area contributed by atoms with Crippen molar-refractivity contribution in [2.24, 2.45) is 23.7 Å². The first kappa shape index (κ1) is 31.0. The Bertz CT molecular complexity index is 724. The Morgan fingerprint density at radius 3 is 2.33 bits per heavy atom. The molecule has 4 aliphatic rings. The van der Waals surface area contributed by atoms with Crippen LogP contribution in [0, 0.1) is 23.7 Å². The lowest BCUT2D eigenvalue weighted by atomic mass is 9.70. The molecule has 0 aromatic heterocycles. The molecule has 2 saturated carbocycles. The number of aliphatic hydroxyl groups is 1. The molecule has 2 unspecified atom stereocenters. The maximum atomic E-state index is 11.1. The fraction of sp³-hybridized carbons (Fsp3) is 0.906. The maximum Gasteiger partial charge on any atom is 0.303 e. The summed E-state index contributed by atoms with van der Waals surface area (Å²) < 4.78 is 25.0. The average molecular weight is 551 g/mol. The van der Waals surface area contributed by atoms with Gasteiger partial charge in [0, 0.05) is 32.0 Å². The van der Waals surface area contributed by atoms with Gasteiger partial charge in [0.15, 0.2) is 12.6 Å². The van der Waals surface area contributed by atoms with E-state index in [1.807, 2.05) is 0 Å². The fourth-order valence-corrected chi connectivity index (χ4v) is 7.17. The number of aliphatic hydroxyl groups excluding tert-OH is 1. The molecule has 0 aromatic carbocycles. The van der Waals surface area contributed by atoms with Crippen LogP contribution in [0.25, 0.3) is 0 Å². The van der Waals surface area contributed by atoms with Gasteiger partial charge < -0.3 is 29.2 Å². The minimum atomic E-state index is -0.723. The van der Waals surface area contributed by atoms with Crippen LogP contribution in [0.1, 0.15) is 116 Å². The molecule has 2 saturated heterocycles. The van der Waals surface area contributed by atoms with Gasteiger partial charge in [-0.25, -0.2) is 0 Å². The lowest BCUT2D eigenvalue weighted by Crippen LogP contribution is -2.38. The van der Waals surface area contributed by atoms with E-state index in [0.29, 0.717) is 12.3 Å². The molecule has 0 spiro atoms. The Morgan fingerprint density at radius 2 is 1.67 bits per heavy atom. The Labute approximate surface area is 236 Å². The van der Waals surface area contributed by atoms with Crippen molar-refractivity contribution < 1.29 is 34.0 Å². The predicted octanol–water partition coefficient (Wildman–Crippen LogP) is 6.61. The highest BCUT2D eigenvalue weighted by atomic mass is 16.7. The van der Waals surface area contributed by atoms with E-state index in [-0.39, 0.29) is 43.0 Å². The molecule has 2 heterocycles. The van der Waals surface area contributed by atoms with Crippen molar-refractivity contribution in [1.29, 1.82) is 0 Å². The summed E-state index contributed by atoms with van der Waals surface area (Å²) in [5.74, 6) is 0.876. The third-order valence-electron chi connectivity index (χ3n) is 9.44. The average Bonchev–Trinajstić information content (AvgIpc) is 3.20. The normalized spacial score (nSPS) is 36.2. The van der Waals surface area contributed by atoms with E-state index in [1.165, 1.54) is 25.7 Å². The number of carboxylic acids is 1. The van der Waals surface area contributed by atoms with E-state index >= 15 is 0 Å². The second-order valence-corrected chi connectivity index (χ2v) is 12.5. The monoisotopic (exact) mass is 550 g/mol. The smallest absolute Gasteiger partial charge is 0.303 e. The SMILES string of the molecule is CCC[C@H]1C[C@H]([C@@H](C=C[C@@H]2[C@@H](CCCCCCC(=O)O)[C@@H](O)C[C@H]2OC2CCCCO2)OC2CCCCO2)C1. The molecular weight excluding hydrogens is 496 g/mol. The summed E-state index contributed by atoms with van der Waals surface area (Å²) in [6.45, 7) is 3.80. The summed E-state index contributed by atoms with van der Waals surface area (Å²) in [7, 11) is 0. The number of aliphatic carboxylic acids is 1. The molecule has 0 aromatic rings. The minimum Gasteiger partial charge on any atom is -0.481 e. The second kappa shape index (κ2) is 16.5. The van der Waals surface area contributed by atoms with Crippen LogP contribution in [0.5, 0.6) is 0 Å². The molecule has 4 rings (SSSR count). The van der Waals surface area contributed by atoms with Crippen LogP contribution in [0.4, 0.5) is 0 Å². The van der Waals surface area contributed by atoms with Crippen molar-refractivity contribution in [1.82, 2.24) is 0 Å². The van der Waals surface area contributed by atoms with Crippen LogP contribution >= 0.6 is 0 Å². The van der Waals surface area contributed by atoms with Gasteiger partial charge in [-0.05, 0) is 82.0 Å². The molecule has 7 heteroatoms. The standard InChI is InChI=1S/C32H54O7/c1-2-11-23-20-24(21-23)28(38-31-14-7-9-18-36-31)17-16-26-25(12-5-3-4-6-13-30(34)35)27(33)22-29(26)39-32-15-8-10-19-37-32/h16-17,23-29,31-33H,2-15,18-22H2,1H3,(H,34,35)/t23-,24-,25-,26-,27+,28-,29-,31?,32?/m1/s1. The summed E-state index contributed by atoms with van der Waals surface area (Å²) in [4.78, 5) is 10.8. The second-order valence-electron chi connectivity index (χ2n) is 12.5. The number of carbonyl (C=O) groups is 1. The molecule has 39 heavy (non-hydrogen) atoms. The zero-order chi connectivity index (χ0) is 27.5. The predicted molar refractivity (Wildman–Crippen MR) is 150 cm³/mol. The molecule has 7 atom stereocenters. The van der Waals surface area contributed by atoms with E-state index < -0.39 is 12.1 Å². The number of rotatable bonds is 16. The van der Waals surface area contributed by atoms with E-state index in [1.54, 1.807) is 0 Å². The first-order chi connectivity index (χ1) is 19.0. The van der Waals surface area contributed by atoms with Gasteiger partial charge in [-0.3, -0.25) is 4.79 Å². The van der Waals surface area contributed by atoms with Crippen molar-refractivity contribution >= 4 is 5.97 Å². The van der Waals surface area contributed by atoms with Gasteiger partial charge in [-0.1, -0.05) is 51.2 Å². The summed E-state index contributed by atoms with van der Waals surface area (Å²) in [5, 5.41) is 20.0. The summed E-state index contributed by atoms with van der Waals surface area (Å²) in [5.41, 5.74) is 0. The molecule has 0 amide bonds. The van der Waals surface area contributed by atoms with Gasteiger partial charge in [0.2, 0.25) is 0 Å². The molecule has 2 aliphatic heterocycles. The highest BCUT2D eigenvalue weighted by Crippen LogP contribution is 2.43. The van der Waals surface area contributed by atoms with Gasteiger partial charge in [0.1, 0.15) is 0 Å². The molecule has 2 aliphatic carbocycles. The lowest BCUT2D eigenvalue weighted by Gasteiger charge is -2.41. The number of unbranched alkanes of at least 4 members (excludes halogenated alkanes) is 3. The van der Waals surface area contributed by atoms with Crippen LogP contribution in [-0.2, 0) is 23.7 Å². The van der Waals surface area contributed by atoms with Gasteiger partial charge >= 0.3 is 5.97 Å². The molecular formula is C32H54O7. The summed E-state index contributed by atoms with van der Waals surface area (Å²) >= 11 is 0. The van der Waals surface area contributed by atoms with Crippen LogP contribution < -0.4 is 0 Å². The third kappa shape index (κ3) is 9.81. The summed E-state index contributed by atoms with van der Waals surface area (Å²) in [6, 6.07) is 0. The first-order valence-corrected chi connectivity index (χ1v) is 16.2. The van der Waals surface area contributed by atoms with E-state index in [4.69, 9.17) is 24.1 Å². The van der Waals surface area contributed by atoms with Crippen molar-refractivity contribution in [2.45, 2.75) is 147 Å². The molecule has 4 fully saturated rings. The largest absolute Gasteiger partial charge is 0.481 e. The Balaban J connectivity index is 1.41. The number of carboxylic acid groups (broad SMARTS) is 1. The number of hydrogen-bond donors (Lipinski definition) is 2. The van der Waals surface area contributed by atoms with Gasteiger partial charge in [-0.15, -0.1) is 0 Å². The van der Waals surface area contributed by atoms with Crippen LogP contribution in [0.2, 0.25) is 0 Å². The molecule has 0 bridgehead atoms.